The van der Waals surface area contributed by atoms with Gasteiger partial charge in [-0.15, -0.1) is 15.3 Å². The molecule has 0 saturated heterocycles. The molecule has 0 unspecified atom stereocenters. The van der Waals surface area contributed by atoms with Gasteiger partial charge in [-0.2, -0.15) is 10.3 Å². The minimum atomic E-state index is -0.322. The zero-order chi connectivity index (χ0) is 11.7. The second-order valence-corrected chi connectivity index (χ2v) is 3.38. The van der Waals surface area contributed by atoms with Gasteiger partial charge in [0.05, 0.1) is 11.8 Å². The standard InChI is InChI=1S/C10H6N6O/c17-10-8(5-11-14-10)6-1-3-7(4-2-6)9-12-15-16-13-9/h1-5H,(H,12,13,15,16). The van der Waals surface area contributed by atoms with E-state index >= 15 is 0 Å². The van der Waals surface area contributed by atoms with Crippen LogP contribution in [0.3, 0.4) is 0 Å². The van der Waals surface area contributed by atoms with Crippen molar-refractivity contribution in [3.63, 3.8) is 0 Å². The molecule has 1 aromatic carbocycles. The molecule has 7 heteroatoms. The van der Waals surface area contributed by atoms with Gasteiger partial charge in [-0.05, 0) is 10.8 Å². The van der Waals surface area contributed by atoms with Crippen LogP contribution in [-0.4, -0.2) is 26.5 Å². The first kappa shape index (κ1) is 9.52. The minimum Gasteiger partial charge on any atom is -0.265 e. The molecule has 1 aromatic heterocycles. The Kier molecular flexibility index (Phi) is 2.08. The second kappa shape index (κ2) is 3.71. The Morgan fingerprint density at radius 3 is 2.41 bits per heavy atom. The molecule has 82 valence electrons. The number of rotatable bonds is 2. The predicted octanol–water partition coefficient (Wildman–Crippen LogP) is 1.20. The first-order chi connectivity index (χ1) is 8.34. The van der Waals surface area contributed by atoms with Crippen molar-refractivity contribution < 1.29 is 4.79 Å². The Balaban J connectivity index is 1.94. The van der Waals surface area contributed by atoms with Gasteiger partial charge in [0.1, 0.15) is 0 Å². The highest BCUT2D eigenvalue weighted by molar-refractivity contribution is 6.20. The van der Waals surface area contributed by atoms with Crippen molar-refractivity contribution in [1.82, 2.24) is 20.6 Å². The molecular formula is C10H6N6O. The molecule has 2 heterocycles. The van der Waals surface area contributed by atoms with Gasteiger partial charge in [0.15, 0.2) is 0 Å². The largest absolute Gasteiger partial charge is 0.297 e. The van der Waals surface area contributed by atoms with Crippen molar-refractivity contribution in [2.45, 2.75) is 0 Å². The van der Waals surface area contributed by atoms with E-state index in [1.54, 1.807) is 12.1 Å². The highest BCUT2D eigenvalue weighted by Crippen LogP contribution is 2.23. The molecule has 7 nitrogen and oxygen atoms in total. The molecule has 1 aliphatic rings. The number of carbonyl (C=O) groups excluding carboxylic acids is 1. The molecule has 0 saturated carbocycles. The molecule has 2 aromatic rings. The van der Waals surface area contributed by atoms with Crippen LogP contribution in [0.25, 0.3) is 17.0 Å². The highest BCUT2D eigenvalue weighted by Gasteiger charge is 2.15. The summed E-state index contributed by atoms with van der Waals surface area (Å²) in [5.74, 6) is 0.190. The third kappa shape index (κ3) is 1.63. The number of nitrogens with one attached hydrogen (secondary N) is 1. The van der Waals surface area contributed by atoms with Crippen molar-refractivity contribution in [2.75, 3.05) is 0 Å². The zero-order valence-electron chi connectivity index (χ0n) is 8.53. The van der Waals surface area contributed by atoms with Gasteiger partial charge in [0.2, 0.25) is 5.82 Å². The van der Waals surface area contributed by atoms with Crippen LogP contribution < -0.4 is 0 Å². The molecule has 0 radical (unpaired) electrons. The van der Waals surface area contributed by atoms with Crippen molar-refractivity contribution in [3.8, 4) is 11.4 Å². The molecule has 3 rings (SSSR count). The van der Waals surface area contributed by atoms with Crippen LogP contribution in [0.5, 0.6) is 0 Å². The Morgan fingerprint density at radius 2 is 1.82 bits per heavy atom. The molecule has 1 N–H and O–H groups in total. The van der Waals surface area contributed by atoms with Crippen LogP contribution in [-0.2, 0) is 4.79 Å². The summed E-state index contributed by atoms with van der Waals surface area (Å²) in [5, 5.41) is 20.6. The molecule has 1 aliphatic heterocycles. The summed E-state index contributed by atoms with van der Waals surface area (Å²) in [5.41, 5.74) is 2.08. The van der Waals surface area contributed by atoms with Crippen LogP contribution in [0.4, 0.5) is 0 Å². The number of amides is 1. The molecule has 0 spiro atoms. The summed E-state index contributed by atoms with van der Waals surface area (Å²) < 4.78 is 0. The normalized spacial score (nSPS) is 14.1. The van der Waals surface area contributed by atoms with Crippen molar-refractivity contribution in [2.24, 2.45) is 10.2 Å². The summed E-state index contributed by atoms with van der Waals surface area (Å²) >= 11 is 0. The van der Waals surface area contributed by atoms with Crippen LogP contribution in [0.15, 0.2) is 40.7 Å². The number of tetrazole rings is 1. The average molecular weight is 226 g/mol. The fourth-order valence-corrected chi connectivity index (χ4v) is 1.53. The molecule has 0 aliphatic carbocycles. The lowest BCUT2D eigenvalue weighted by atomic mass is 10.0. The highest BCUT2D eigenvalue weighted by atomic mass is 16.2. The third-order valence-electron chi connectivity index (χ3n) is 2.37. The van der Waals surface area contributed by atoms with E-state index in [1.165, 1.54) is 6.20 Å². The van der Waals surface area contributed by atoms with Gasteiger partial charge in [-0.1, -0.05) is 24.3 Å². The molecule has 0 fully saturated rings. The van der Waals surface area contributed by atoms with E-state index in [-0.39, 0.29) is 5.91 Å². The minimum absolute atomic E-state index is 0.322. The van der Waals surface area contributed by atoms with Crippen LogP contribution >= 0.6 is 0 Å². The van der Waals surface area contributed by atoms with Crippen LogP contribution in [0, 0.1) is 0 Å². The van der Waals surface area contributed by atoms with Gasteiger partial charge in [-0.3, -0.25) is 4.79 Å². The summed E-state index contributed by atoms with van der Waals surface area (Å²) in [6, 6.07) is 7.22. The number of nitrogens with zero attached hydrogens (tertiary/aromatic N) is 5. The summed E-state index contributed by atoms with van der Waals surface area (Å²) in [6.07, 6.45) is 1.45. The maximum atomic E-state index is 11.3. The van der Waals surface area contributed by atoms with E-state index < -0.39 is 0 Å². The number of azo groups is 1. The number of carbonyl (C=O) groups is 1. The summed E-state index contributed by atoms with van der Waals surface area (Å²) in [7, 11) is 0. The van der Waals surface area contributed by atoms with Gasteiger partial charge >= 0.3 is 0 Å². The van der Waals surface area contributed by atoms with E-state index in [2.05, 4.69) is 30.9 Å². The SMILES string of the molecule is O=C1N=NC=C1c1ccc(-c2nn[nH]n2)cc1. The van der Waals surface area contributed by atoms with Gasteiger partial charge in [0.25, 0.3) is 5.91 Å². The van der Waals surface area contributed by atoms with E-state index in [1.807, 2.05) is 12.1 Å². The lowest BCUT2D eigenvalue weighted by Gasteiger charge is -1.99. The quantitative estimate of drug-likeness (QED) is 0.831. The molecule has 0 atom stereocenters. The van der Waals surface area contributed by atoms with E-state index in [4.69, 9.17) is 0 Å². The second-order valence-electron chi connectivity index (χ2n) is 3.38. The van der Waals surface area contributed by atoms with E-state index in [0.717, 1.165) is 11.1 Å². The number of hydrogen-bond donors (Lipinski definition) is 1. The number of benzene rings is 1. The van der Waals surface area contributed by atoms with Gasteiger partial charge in [-0.25, -0.2) is 0 Å². The summed E-state index contributed by atoms with van der Waals surface area (Å²) in [4.78, 5) is 11.3. The lowest BCUT2D eigenvalue weighted by molar-refractivity contribution is -0.112. The first-order valence-corrected chi connectivity index (χ1v) is 4.84. The smallest absolute Gasteiger partial charge is 0.265 e. The number of aromatic nitrogens is 4. The van der Waals surface area contributed by atoms with E-state index in [0.29, 0.717) is 11.4 Å². The van der Waals surface area contributed by atoms with Crippen molar-refractivity contribution in [1.29, 1.82) is 0 Å². The van der Waals surface area contributed by atoms with Crippen LogP contribution in [0.1, 0.15) is 5.56 Å². The lowest BCUT2D eigenvalue weighted by Crippen LogP contribution is -1.93. The topological polar surface area (TPSA) is 96.2 Å². The Hall–Kier alpha value is -2.70. The Bertz CT molecular complexity index is 611. The Labute approximate surface area is 95.3 Å². The molecular weight excluding hydrogens is 220 g/mol. The molecule has 0 bridgehead atoms. The fraction of sp³-hybridized carbons (Fsp3) is 0. The monoisotopic (exact) mass is 226 g/mol. The zero-order valence-corrected chi connectivity index (χ0v) is 8.53. The molecule has 1 amide bonds. The summed E-state index contributed by atoms with van der Waals surface area (Å²) in [6.45, 7) is 0. The van der Waals surface area contributed by atoms with Gasteiger partial charge < -0.3 is 0 Å². The fourth-order valence-electron chi connectivity index (χ4n) is 1.53. The maximum Gasteiger partial charge on any atom is 0.297 e. The van der Waals surface area contributed by atoms with Crippen LogP contribution in [0.2, 0.25) is 0 Å². The van der Waals surface area contributed by atoms with Crippen molar-refractivity contribution >= 4 is 11.5 Å². The van der Waals surface area contributed by atoms with Gasteiger partial charge in [0, 0.05) is 5.56 Å². The number of aromatic amines is 1. The van der Waals surface area contributed by atoms with E-state index in [9.17, 15) is 4.79 Å². The Morgan fingerprint density at radius 1 is 1.06 bits per heavy atom. The maximum absolute atomic E-state index is 11.3. The third-order valence-corrected chi connectivity index (χ3v) is 2.37. The average Bonchev–Trinajstić information content (AvgIpc) is 3.00. The van der Waals surface area contributed by atoms with Crippen molar-refractivity contribution in [3.05, 3.63) is 36.0 Å². The first-order valence-electron chi connectivity index (χ1n) is 4.84. The molecule has 17 heavy (non-hydrogen) atoms. The number of hydrogen-bond acceptors (Lipinski definition) is 5. The predicted molar refractivity (Wildman–Crippen MR) is 57.5 cm³/mol. The number of H-pyrrole nitrogens is 1.